The number of fused-ring (bicyclic) bond motifs is 1. The van der Waals surface area contributed by atoms with Crippen molar-refractivity contribution in [1.82, 2.24) is 15.0 Å². The summed E-state index contributed by atoms with van der Waals surface area (Å²) in [5.41, 5.74) is 2.63. The summed E-state index contributed by atoms with van der Waals surface area (Å²) >= 11 is 1.57. The summed E-state index contributed by atoms with van der Waals surface area (Å²) in [4.78, 5) is 13.0. The molecule has 0 radical (unpaired) electrons. The van der Waals surface area contributed by atoms with E-state index >= 15 is 0 Å². The molecule has 1 N–H and O–H groups in total. The van der Waals surface area contributed by atoms with Crippen LogP contribution < -0.4 is 4.74 Å². The van der Waals surface area contributed by atoms with Gasteiger partial charge in [0.15, 0.2) is 12.4 Å². The molecule has 1 aromatic carbocycles. The van der Waals surface area contributed by atoms with Crippen LogP contribution in [0.1, 0.15) is 5.56 Å². The lowest BCUT2D eigenvalue weighted by molar-refractivity contribution is -0.153. The number of pyridine rings is 1. The number of imidazole rings is 1. The Balaban J connectivity index is 2.01. The Morgan fingerprint density at radius 2 is 2.04 bits per heavy atom. The van der Waals surface area contributed by atoms with Crippen LogP contribution in [-0.2, 0) is 0 Å². The number of halogens is 3. The van der Waals surface area contributed by atoms with Crippen LogP contribution in [0.3, 0.4) is 0 Å². The van der Waals surface area contributed by atoms with Crippen molar-refractivity contribution in [3.8, 4) is 17.3 Å². The molecule has 2 heterocycles. The van der Waals surface area contributed by atoms with Crippen molar-refractivity contribution in [1.29, 1.82) is 0 Å². The highest BCUT2D eigenvalue weighted by atomic mass is 32.2. The molecule has 0 aliphatic heterocycles. The molecule has 0 saturated heterocycles. The zero-order chi connectivity index (χ0) is 17.3. The van der Waals surface area contributed by atoms with Gasteiger partial charge < -0.3 is 9.72 Å². The average molecular weight is 353 g/mol. The van der Waals surface area contributed by atoms with Gasteiger partial charge >= 0.3 is 6.18 Å². The summed E-state index contributed by atoms with van der Waals surface area (Å²) in [6, 6.07) is 7.19. The molecule has 24 heavy (non-hydrogen) atoms. The van der Waals surface area contributed by atoms with E-state index in [1.165, 1.54) is 12.3 Å². The Bertz CT molecular complexity index is 877. The van der Waals surface area contributed by atoms with Crippen LogP contribution in [0.5, 0.6) is 5.75 Å². The molecule has 4 nitrogen and oxygen atoms in total. The lowest BCUT2D eigenvalue weighted by atomic mass is 10.2. The first-order valence-corrected chi connectivity index (χ1v) is 8.30. The number of aromatic nitrogens is 3. The number of benzene rings is 1. The van der Waals surface area contributed by atoms with Gasteiger partial charge in [-0.2, -0.15) is 13.2 Å². The Morgan fingerprint density at radius 3 is 2.75 bits per heavy atom. The maximum absolute atomic E-state index is 12.4. The molecule has 0 amide bonds. The van der Waals surface area contributed by atoms with Gasteiger partial charge in [0.05, 0.1) is 5.52 Å². The number of para-hydroxylation sites is 1. The highest BCUT2D eigenvalue weighted by Gasteiger charge is 2.29. The van der Waals surface area contributed by atoms with E-state index in [0.717, 1.165) is 15.9 Å². The van der Waals surface area contributed by atoms with E-state index in [9.17, 15) is 13.2 Å². The number of hydrogen-bond donors (Lipinski definition) is 1. The second-order valence-electron chi connectivity index (χ2n) is 5.13. The molecule has 2 aromatic heterocycles. The zero-order valence-corrected chi connectivity index (χ0v) is 13.8. The highest BCUT2D eigenvalue weighted by molar-refractivity contribution is 7.98. The van der Waals surface area contributed by atoms with Crippen LogP contribution >= 0.6 is 11.8 Å². The first-order chi connectivity index (χ1) is 11.4. The topological polar surface area (TPSA) is 50.8 Å². The number of thioether (sulfide) groups is 1. The minimum absolute atomic E-state index is 0.142. The van der Waals surface area contributed by atoms with Crippen LogP contribution in [0.25, 0.3) is 22.6 Å². The summed E-state index contributed by atoms with van der Waals surface area (Å²) in [7, 11) is 0. The number of alkyl halides is 3. The Hall–Kier alpha value is -2.22. The van der Waals surface area contributed by atoms with Crippen LogP contribution in [-0.4, -0.2) is 34.0 Å². The van der Waals surface area contributed by atoms with Crippen LogP contribution in [0, 0.1) is 6.92 Å². The lowest BCUT2D eigenvalue weighted by Crippen LogP contribution is -2.19. The van der Waals surface area contributed by atoms with Gasteiger partial charge in [0, 0.05) is 16.7 Å². The van der Waals surface area contributed by atoms with E-state index in [1.54, 1.807) is 18.7 Å². The molecule has 126 valence electrons. The summed E-state index contributed by atoms with van der Waals surface area (Å²) in [6.45, 7) is 0.324. The molecule has 3 rings (SSSR count). The van der Waals surface area contributed by atoms with Gasteiger partial charge in [0.25, 0.3) is 0 Å². The fourth-order valence-electron chi connectivity index (χ4n) is 2.36. The second-order valence-corrected chi connectivity index (χ2v) is 5.98. The van der Waals surface area contributed by atoms with Gasteiger partial charge in [-0.25, -0.2) is 4.98 Å². The third-order valence-corrected chi connectivity index (χ3v) is 4.23. The smallest absolute Gasteiger partial charge is 0.422 e. The quantitative estimate of drug-likeness (QED) is 0.697. The predicted molar refractivity (Wildman–Crippen MR) is 87.4 cm³/mol. The molecule has 8 heteroatoms. The van der Waals surface area contributed by atoms with Crippen molar-refractivity contribution in [2.45, 2.75) is 18.0 Å². The summed E-state index contributed by atoms with van der Waals surface area (Å²) in [5.74, 6) is 0.643. The molecule has 0 spiro atoms. The Kier molecular flexibility index (Phi) is 4.40. The van der Waals surface area contributed by atoms with Crippen molar-refractivity contribution in [3.63, 3.8) is 0 Å². The molecule has 0 aliphatic carbocycles. The minimum atomic E-state index is -4.39. The number of aromatic amines is 1. The molecule has 0 bridgehead atoms. The van der Waals surface area contributed by atoms with Gasteiger partial charge in [0.2, 0.25) is 0 Å². The number of H-pyrrole nitrogens is 1. The largest absolute Gasteiger partial charge is 0.484 e. The van der Waals surface area contributed by atoms with Gasteiger partial charge in [0.1, 0.15) is 17.0 Å². The molecule has 0 unspecified atom stereocenters. The monoisotopic (exact) mass is 353 g/mol. The standard InChI is InChI=1S/C16H14F3N3OS/c1-9-11(23-8-16(17,18)19)6-7-20-13(9)15-21-10-4-3-5-12(24-2)14(10)22-15/h3-7H,8H2,1-2H3,(H,21,22). The molecule has 0 aliphatic rings. The molecule has 3 aromatic rings. The van der Waals surface area contributed by atoms with E-state index in [1.807, 2.05) is 24.5 Å². The number of hydrogen-bond acceptors (Lipinski definition) is 4. The summed E-state index contributed by atoms with van der Waals surface area (Å²) < 4.78 is 41.9. The number of ether oxygens (including phenoxy) is 1. The first-order valence-electron chi connectivity index (χ1n) is 7.07. The third kappa shape index (κ3) is 3.33. The molecular formula is C16H14F3N3OS. The second kappa shape index (κ2) is 6.35. The van der Waals surface area contributed by atoms with E-state index in [4.69, 9.17) is 4.74 Å². The van der Waals surface area contributed by atoms with Crippen molar-refractivity contribution >= 4 is 22.8 Å². The third-order valence-electron chi connectivity index (χ3n) is 3.47. The molecule has 0 fully saturated rings. The summed E-state index contributed by atoms with van der Waals surface area (Å²) in [5, 5.41) is 0. The number of rotatable bonds is 4. The van der Waals surface area contributed by atoms with Gasteiger partial charge in [-0.15, -0.1) is 11.8 Å². The van der Waals surface area contributed by atoms with E-state index in [0.29, 0.717) is 17.1 Å². The average Bonchev–Trinajstić information content (AvgIpc) is 2.96. The fraction of sp³-hybridized carbons (Fsp3) is 0.250. The lowest BCUT2D eigenvalue weighted by Gasteiger charge is -2.12. The van der Waals surface area contributed by atoms with Gasteiger partial charge in [-0.05, 0) is 31.4 Å². The normalized spacial score (nSPS) is 11.9. The SMILES string of the molecule is CSc1cccc2[nH]c(-c3nccc(OCC(F)(F)F)c3C)nc12. The van der Waals surface area contributed by atoms with E-state index < -0.39 is 12.8 Å². The maximum Gasteiger partial charge on any atom is 0.422 e. The van der Waals surface area contributed by atoms with Crippen molar-refractivity contribution in [2.75, 3.05) is 12.9 Å². The van der Waals surface area contributed by atoms with Crippen LogP contribution in [0.2, 0.25) is 0 Å². The molecular weight excluding hydrogens is 339 g/mol. The maximum atomic E-state index is 12.4. The Morgan fingerprint density at radius 1 is 1.25 bits per heavy atom. The number of nitrogens with zero attached hydrogens (tertiary/aromatic N) is 2. The van der Waals surface area contributed by atoms with Crippen LogP contribution in [0.4, 0.5) is 13.2 Å². The zero-order valence-electron chi connectivity index (χ0n) is 12.9. The van der Waals surface area contributed by atoms with Crippen LogP contribution in [0.15, 0.2) is 35.4 Å². The van der Waals surface area contributed by atoms with E-state index in [2.05, 4.69) is 15.0 Å². The molecule has 0 saturated carbocycles. The van der Waals surface area contributed by atoms with Gasteiger partial charge in [-0.1, -0.05) is 6.07 Å². The van der Waals surface area contributed by atoms with Crippen molar-refractivity contribution < 1.29 is 17.9 Å². The summed E-state index contributed by atoms with van der Waals surface area (Å²) in [6.07, 6.45) is -1.02. The fourth-order valence-corrected chi connectivity index (χ4v) is 2.92. The first kappa shape index (κ1) is 16.6. The molecule has 0 atom stereocenters. The van der Waals surface area contributed by atoms with Crippen molar-refractivity contribution in [2.24, 2.45) is 0 Å². The van der Waals surface area contributed by atoms with Gasteiger partial charge in [-0.3, -0.25) is 4.98 Å². The minimum Gasteiger partial charge on any atom is -0.484 e. The number of nitrogens with one attached hydrogen (secondary N) is 1. The Labute approximate surface area is 140 Å². The van der Waals surface area contributed by atoms with Crippen molar-refractivity contribution in [3.05, 3.63) is 36.0 Å². The predicted octanol–water partition coefficient (Wildman–Crippen LogP) is 4.60. The van der Waals surface area contributed by atoms with E-state index in [-0.39, 0.29) is 5.75 Å². The highest BCUT2D eigenvalue weighted by Crippen LogP contribution is 2.31.